The number of anilines is 1. The van der Waals surface area contributed by atoms with Gasteiger partial charge in [0, 0.05) is 36.8 Å². The minimum atomic E-state index is -1.61. The van der Waals surface area contributed by atoms with E-state index < -0.39 is 76.3 Å². The Balaban J connectivity index is 1.29. The van der Waals surface area contributed by atoms with Crippen LogP contribution in [0.15, 0.2) is 24.3 Å². The van der Waals surface area contributed by atoms with E-state index in [0.717, 1.165) is 36.8 Å². The van der Waals surface area contributed by atoms with Crippen LogP contribution in [0.1, 0.15) is 64.2 Å². The fourth-order valence-electron chi connectivity index (χ4n) is 5.77. The van der Waals surface area contributed by atoms with Gasteiger partial charge in [0.15, 0.2) is 0 Å². The number of nitrogens with one attached hydrogen (secondary N) is 7. The Bertz CT molecular complexity index is 1540. The van der Waals surface area contributed by atoms with E-state index in [1.807, 2.05) is 11.8 Å². The minimum absolute atomic E-state index is 0.0128. The zero-order valence-corrected chi connectivity index (χ0v) is 33.6. The second-order valence-electron chi connectivity index (χ2n) is 12.9. The molecule has 2 heterocycles. The van der Waals surface area contributed by atoms with Gasteiger partial charge in [-0.15, -0.1) is 0 Å². The van der Waals surface area contributed by atoms with Gasteiger partial charge in [0.1, 0.15) is 0 Å². The molecule has 5 atom stereocenters. The number of hydrogen-bond acceptors (Lipinski definition) is 13. The molecule has 2 aliphatic rings. The van der Waals surface area contributed by atoms with Gasteiger partial charge in [0.25, 0.3) is 0 Å². The number of thioether (sulfide) groups is 2. The average molecular weight is 868 g/mol. The normalized spacial score (nSPS) is 18.2. The Morgan fingerprint density at radius 2 is 1.53 bits per heavy atom. The van der Waals surface area contributed by atoms with Gasteiger partial charge in [0.05, 0.1) is 36.6 Å². The summed E-state index contributed by atoms with van der Waals surface area (Å²) in [6.07, 6.45) is 3.84. The number of rotatable bonds is 26. The Kier molecular flexibility index (Phi) is 20.0. The van der Waals surface area contributed by atoms with E-state index >= 15 is 0 Å². The van der Waals surface area contributed by atoms with Gasteiger partial charge >= 0.3 is 132 Å². The molecule has 302 valence electrons. The molecular formula is C34H46AsN7O11S2-2. The summed E-state index contributed by atoms with van der Waals surface area (Å²) in [5.74, 6) is -5.21. The maximum absolute atomic E-state index is 12.7. The van der Waals surface area contributed by atoms with Crippen molar-refractivity contribution in [1.29, 1.82) is 0 Å². The molecule has 21 heteroatoms. The molecule has 7 N–H and O–H groups in total. The molecule has 1 aromatic rings. The van der Waals surface area contributed by atoms with Gasteiger partial charge in [-0.3, -0.25) is 14.4 Å². The second-order valence-corrected chi connectivity index (χ2v) is 16.7. The number of hydrogen-bond donors (Lipinski definition) is 7. The third kappa shape index (κ3) is 17.5. The number of unbranched alkanes of at least 4 members (excludes halogenated alkanes) is 3. The molecule has 55 heavy (non-hydrogen) atoms. The van der Waals surface area contributed by atoms with Gasteiger partial charge < -0.3 is 41.1 Å². The van der Waals surface area contributed by atoms with E-state index in [0.29, 0.717) is 47.5 Å². The molecular weight excluding hydrogens is 821 g/mol. The van der Waals surface area contributed by atoms with Crippen molar-refractivity contribution >= 4 is 96.8 Å². The van der Waals surface area contributed by atoms with Crippen LogP contribution in [0.5, 0.6) is 0 Å². The number of urea groups is 1. The number of benzene rings is 1. The topological polar surface area (TPSA) is 284 Å². The summed E-state index contributed by atoms with van der Waals surface area (Å²) < 4.78 is 11.7. The van der Waals surface area contributed by atoms with Crippen molar-refractivity contribution in [2.75, 3.05) is 35.7 Å². The monoisotopic (exact) mass is 867 g/mol. The van der Waals surface area contributed by atoms with E-state index in [2.05, 4.69) is 37.2 Å². The van der Waals surface area contributed by atoms with Gasteiger partial charge in [-0.05, 0) is 32.1 Å². The number of aliphatic carboxylic acids is 2. The molecule has 7 amide bonds. The molecule has 2 fully saturated rings. The van der Waals surface area contributed by atoms with Crippen molar-refractivity contribution in [1.82, 2.24) is 31.9 Å². The van der Waals surface area contributed by atoms with Crippen molar-refractivity contribution in [2.24, 2.45) is 0 Å². The molecule has 18 nitrogen and oxygen atoms in total. The Morgan fingerprint density at radius 3 is 2.24 bits per heavy atom. The fraction of sp³-hybridized carbons (Fsp3) is 0.588. The summed E-state index contributed by atoms with van der Waals surface area (Å²) in [7, 11) is 0. The zero-order chi connectivity index (χ0) is 40.2. The van der Waals surface area contributed by atoms with Crippen molar-refractivity contribution in [2.45, 2.75) is 93.6 Å². The first-order chi connectivity index (χ1) is 26.3. The summed E-state index contributed by atoms with van der Waals surface area (Å²) in [5, 5.41) is 41.1. The molecule has 0 saturated carbocycles. The van der Waals surface area contributed by atoms with E-state index in [9.17, 15) is 52.3 Å². The molecule has 2 aliphatic heterocycles. The molecule has 2 saturated heterocycles. The van der Waals surface area contributed by atoms with Crippen LogP contribution >= 0.6 is 23.5 Å². The zero-order valence-electron chi connectivity index (χ0n) is 30.1. The first kappa shape index (κ1) is 45.2. The van der Waals surface area contributed by atoms with E-state index in [1.54, 1.807) is 24.3 Å². The van der Waals surface area contributed by atoms with Crippen LogP contribution in [-0.4, -0.2) is 123 Å². The summed E-state index contributed by atoms with van der Waals surface area (Å²) >= 11 is 1.61. The standard InChI is InChI=1S/C34H48AsN7O11S2/c43-26(7-4-3-6-25-31-23(18-55-25)41-34(52)42-31)36-15-5-1-2-8-27(44)39-22(33(50)51)13-14-28(45)40-24(32(49)37-16-30(47)48)17-54-19-29(46)38-21-11-9-20(35-53)10-12-21/h9-12,22-25,31H,1-8,13-19H2,(H,36,43)(H,37,49)(H,38,46)(H,39,44)(H,40,45)(H,47,48)(H,50,51)(H2,41,42,52)/p-2/t22?,23-,24?,25?,31-/m0/s1. The van der Waals surface area contributed by atoms with E-state index in [-0.39, 0.29) is 48.4 Å². The average Bonchev–Trinajstić information content (AvgIpc) is 3.70. The summed E-state index contributed by atoms with van der Waals surface area (Å²) in [6, 6.07) is 3.82. The summed E-state index contributed by atoms with van der Waals surface area (Å²) in [5.41, 5.74) is 0.465. The van der Waals surface area contributed by atoms with Crippen LogP contribution in [-0.2, 0) is 37.3 Å². The Hall–Kier alpha value is -4.16. The van der Waals surface area contributed by atoms with Crippen LogP contribution in [0.3, 0.4) is 0 Å². The van der Waals surface area contributed by atoms with E-state index in [1.165, 1.54) is 0 Å². The summed E-state index contributed by atoms with van der Waals surface area (Å²) in [6.45, 7) is -0.386. The van der Waals surface area contributed by atoms with Gasteiger partial charge in [-0.2, -0.15) is 11.8 Å². The summed E-state index contributed by atoms with van der Waals surface area (Å²) in [4.78, 5) is 96.3. The third-order valence-electron chi connectivity index (χ3n) is 8.60. The molecule has 0 aromatic heterocycles. The number of carboxylic acid groups (broad SMARTS) is 2. The number of fused-ring (bicyclic) bond motifs is 1. The molecule has 0 spiro atoms. The molecule has 3 unspecified atom stereocenters. The molecule has 1 aromatic carbocycles. The van der Waals surface area contributed by atoms with Crippen LogP contribution in [0.25, 0.3) is 0 Å². The van der Waals surface area contributed by atoms with Crippen molar-refractivity contribution < 1.29 is 52.3 Å². The van der Waals surface area contributed by atoms with Gasteiger partial charge in [0.2, 0.25) is 11.8 Å². The van der Waals surface area contributed by atoms with Gasteiger partial charge in [-0.1, -0.05) is 12.8 Å². The number of carbonyl (C=O) groups excluding carboxylic acids is 8. The molecule has 3 rings (SSSR count). The van der Waals surface area contributed by atoms with Crippen LogP contribution in [0.4, 0.5) is 10.5 Å². The van der Waals surface area contributed by atoms with Crippen LogP contribution in [0.2, 0.25) is 0 Å². The number of amides is 7. The predicted molar refractivity (Wildman–Crippen MR) is 200 cm³/mol. The SMILES string of the molecule is O=[As]c1ccc(NC(=O)CSCC(NC(=O)CCC(NC(=O)CCCCCNC(=O)CCCCC2SC[C@@H]3NC(=O)N[C@H]23)C(=O)[O-])C(=O)NCC(=O)[O-])cc1. The van der Waals surface area contributed by atoms with Gasteiger partial charge in [-0.25, -0.2) is 4.79 Å². The first-order valence-corrected chi connectivity index (χ1v) is 21.8. The van der Waals surface area contributed by atoms with Crippen LogP contribution in [0, 0.1) is 0 Å². The first-order valence-electron chi connectivity index (χ1n) is 17.9. The van der Waals surface area contributed by atoms with Crippen molar-refractivity contribution in [3.05, 3.63) is 24.3 Å². The second kappa shape index (κ2) is 24.4. The van der Waals surface area contributed by atoms with Crippen molar-refractivity contribution in [3.8, 4) is 0 Å². The molecule has 0 bridgehead atoms. The predicted octanol–water partition coefficient (Wildman–Crippen LogP) is -3.20. The maximum atomic E-state index is 12.7. The quantitative estimate of drug-likeness (QED) is 0.0275. The van der Waals surface area contributed by atoms with E-state index in [4.69, 9.17) is 0 Å². The fourth-order valence-corrected chi connectivity index (χ4v) is 8.73. The molecule has 0 radical (unpaired) electrons. The molecule has 0 aliphatic carbocycles. The number of carboxylic acids is 2. The van der Waals surface area contributed by atoms with Crippen LogP contribution < -0.4 is 51.8 Å². The van der Waals surface area contributed by atoms with Crippen molar-refractivity contribution in [3.63, 3.8) is 0 Å². The Morgan fingerprint density at radius 1 is 0.836 bits per heavy atom. The third-order valence-corrected chi connectivity index (χ3v) is 12.2. The Labute approximate surface area is 333 Å². The number of carbonyl (C=O) groups is 8.